The summed E-state index contributed by atoms with van der Waals surface area (Å²) in [5, 5.41) is 0. The number of benzene rings is 1. The second-order valence-corrected chi connectivity index (χ2v) is 4.41. The molecule has 1 aliphatic heterocycles. The van der Waals surface area contributed by atoms with Gasteiger partial charge in [0.25, 0.3) is 0 Å². The van der Waals surface area contributed by atoms with Crippen molar-refractivity contribution in [2.45, 2.75) is 44.2 Å². The standard InChI is InChI=1S/C13H16O2/c1-2-5-10(6-3-1)9-14-11-7-4-8-12-13(11)15-12/h1-3,5-6,11-13H,4,7-9H2/t11-,12?,13+/m1/s1. The molecule has 1 aromatic carbocycles. The maximum absolute atomic E-state index is 5.90. The van der Waals surface area contributed by atoms with E-state index in [1.165, 1.54) is 18.4 Å². The van der Waals surface area contributed by atoms with Gasteiger partial charge >= 0.3 is 0 Å². The Morgan fingerprint density at radius 2 is 2.07 bits per heavy atom. The van der Waals surface area contributed by atoms with E-state index in [-0.39, 0.29) is 0 Å². The summed E-state index contributed by atoms with van der Waals surface area (Å²) in [5.41, 5.74) is 1.25. The van der Waals surface area contributed by atoms with E-state index in [0.717, 1.165) is 13.0 Å². The van der Waals surface area contributed by atoms with E-state index >= 15 is 0 Å². The van der Waals surface area contributed by atoms with Crippen molar-refractivity contribution in [2.75, 3.05) is 0 Å². The molecule has 3 atom stereocenters. The predicted octanol–water partition coefficient (Wildman–Crippen LogP) is 2.52. The summed E-state index contributed by atoms with van der Waals surface area (Å²) in [6, 6.07) is 10.3. The van der Waals surface area contributed by atoms with Crippen molar-refractivity contribution in [3.8, 4) is 0 Å². The van der Waals surface area contributed by atoms with Crippen LogP contribution in [0.5, 0.6) is 0 Å². The summed E-state index contributed by atoms with van der Waals surface area (Å²) in [4.78, 5) is 0. The molecule has 1 unspecified atom stereocenters. The lowest BCUT2D eigenvalue weighted by Gasteiger charge is -2.18. The SMILES string of the molecule is c1ccc(CO[C@@H]2CCCC3O[C@H]32)cc1. The van der Waals surface area contributed by atoms with Crippen LogP contribution in [0.4, 0.5) is 0 Å². The van der Waals surface area contributed by atoms with E-state index in [4.69, 9.17) is 9.47 Å². The lowest BCUT2D eigenvalue weighted by Crippen LogP contribution is -2.25. The second kappa shape index (κ2) is 3.95. The molecule has 80 valence electrons. The molecule has 2 fully saturated rings. The highest BCUT2D eigenvalue weighted by Gasteiger charge is 2.47. The summed E-state index contributed by atoms with van der Waals surface area (Å²) < 4.78 is 11.5. The van der Waals surface area contributed by atoms with E-state index in [1.54, 1.807) is 0 Å². The highest BCUT2D eigenvalue weighted by molar-refractivity contribution is 5.13. The van der Waals surface area contributed by atoms with Crippen LogP contribution in [0.15, 0.2) is 30.3 Å². The van der Waals surface area contributed by atoms with Crippen molar-refractivity contribution in [3.63, 3.8) is 0 Å². The molecule has 0 radical (unpaired) electrons. The largest absolute Gasteiger partial charge is 0.371 e. The third kappa shape index (κ3) is 2.06. The van der Waals surface area contributed by atoms with Crippen molar-refractivity contribution >= 4 is 0 Å². The summed E-state index contributed by atoms with van der Waals surface area (Å²) in [5.74, 6) is 0. The molecule has 2 aliphatic rings. The summed E-state index contributed by atoms with van der Waals surface area (Å²) in [7, 11) is 0. The minimum absolute atomic E-state index is 0.337. The zero-order valence-electron chi connectivity index (χ0n) is 8.76. The topological polar surface area (TPSA) is 21.8 Å². The fourth-order valence-corrected chi connectivity index (χ4v) is 2.36. The number of rotatable bonds is 3. The van der Waals surface area contributed by atoms with Gasteiger partial charge in [-0.3, -0.25) is 0 Å². The van der Waals surface area contributed by atoms with Crippen molar-refractivity contribution in [3.05, 3.63) is 35.9 Å². The maximum atomic E-state index is 5.90. The molecule has 15 heavy (non-hydrogen) atoms. The first-order valence-corrected chi connectivity index (χ1v) is 5.74. The third-order valence-corrected chi connectivity index (χ3v) is 3.27. The summed E-state index contributed by atoms with van der Waals surface area (Å²) in [6.45, 7) is 0.720. The maximum Gasteiger partial charge on any atom is 0.110 e. The van der Waals surface area contributed by atoms with Crippen LogP contribution in [-0.4, -0.2) is 18.3 Å². The van der Waals surface area contributed by atoms with Gasteiger partial charge in [0.15, 0.2) is 0 Å². The molecule has 2 nitrogen and oxygen atoms in total. The van der Waals surface area contributed by atoms with Crippen molar-refractivity contribution in [1.29, 1.82) is 0 Å². The zero-order chi connectivity index (χ0) is 10.1. The van der Waals surface area contributed by atoms with Crippen LogP contribution in [0.25, 0.3) is 0 Å². The Kier molecular flexibility index (Phi) is 2.47. The molecule has 0 amide bonds. The van der Waals surface area contributed by atoms with Crippen LogP contribution < -0.4 is 0 Å². The van der Waals surface area contributed by atoms with E-state index in [1.807, 2.05) is 6.07 Å². The Labute approximate surface area is 90.2 Å². The van der Waals surface area contributed by atoms with Gasteiger partial charge in [-0.05, 0) is 24.8 Å². The van der Waals surface area contributed by atoms with Gasteiger partial charge in [0.1, 0.15) is 6.10 Å². The fourth-order valence-electron chi connectivity index (χ4n) is 2.36. The van der Waals surface area contributed by atoms with Crippen molar-refractivity contribution in [1.82, 2.24) is 0 Å². The first kappa shape index (κ1) is 9.37. The van der Waals surface area contributed by atoms with E-state index in [0.29, 0.717) is 18.3 Å². The molecule has 1 aliphatic carbocycles. The highest BCUT2D eigenvalue weighted by Crippen LogP contribution is 2.38. The summed E-state index contributed by atoms with van der Waals surface area (Å²) in [6.07, 6.45) is 4.90. The Hall–Kier alpha value is -0.860. The van der Waals surface area contributed by atoms with Gasteiger partial charge in [-0.2, -0.15) is 0 Å². The van der Waals surface area contributed by atoms with E-state index < -0.39 is 0 Å². The summed E-state index contributed by atoms with van der Waals surface area (Å²) >= 11 is 0. The van der Waals surface area contributed by atoms with Gasteiger partial charge in [-0.1, -0.05) is 30.3 Å². The van der Waals surface area contributed by atoms with Crippen LogP contribution >= 0.6 is 0 Å². The predicted molar refractivity (Wildman–Crippen MR) is 57.5 cm³/mol. The molecule has 3 rings (SSSR count). The highest BCUT2D eigenvalue weighted by atomic mass is 16.6. The monoisotopic (exact) mass is 204 g/mol. The van der Waals surface area contributed by atoms with Gasteiger partial charge in [0, 0.05) is 0 Å². The molecule has 0 spiro atoms. The number of fused-ring (bicyclic) bond motifs is 1. The van der Waals surface area contributed by atoms with Crippen LogP contribution in [0.3, 0.4) is 0 Å². The fraction of sp³-hybridized carbons (Fsp3) is 0.538. The molecule has 1 aromatic rings. The molecule has 1 saturated carbocycles. The molecule has 1 saturated heterocycles. The zero-order valence-corrected chi connectivity index (χ0v) is 8.76. The Morgan fingerprint density at radius 3 is 2.93 bits per heavy atom. The van der Waals surface area contributed by atoms with Crippen molar-refractivity contribution in [2.24, 2.45) is 0 Å². The van der Waals surface area contributed by atoms with Crippen LogP contribution in [0.2, 0.25) is 0 Å². The van der Waals surface area contributed by atoms with Crippen LogP contribution in [0.1, 0.15) is 24.8 Å². The molecule has 0 bridgehead atoms. The number of epoxide rings is 1. The average molecular weight is 204 g/mol. The first-order valence-electron chi connectivity index (χ1n) is 5.74. The smallest absolute Gasteiger partial charge is 0.110 e. The molecule has 0 N–H and O–H groups in total. The normalized spacial score (nSPS) is 33.5. The molecule has 2 heteroatoms. The van der Waals surface area contributed by atoms with E-state index in [2.05, 4.69) is 24.3 Å². The Bertz CT molecular complexity index is 323. The Morgan fingerprint density at radius 1 is 1.20 bits per heavy atom. The molecule has 1 heterocycles. The van der Waals surface area contributed by atoms with Crippen LogP contribution in [0, 0.1) is 0 Å². The van der Waals surface area contributed by atoms with Gasteiger partial charge in [-0.15, -0.1) is 0 Å². The lowest BCUT2D eigenvalue weighted by atomic mass is 9.98. The van der Waals surface area contributed by atoms with Gasteiger partial charge in [0.05, 0.1) is 18.8 Å². The molecular formula is C13H16O2. The quantitative estimate of drug-likeness (QED) is 0.706. The molecular weight excluding hydrogens is 188 g/mol. The van der Waals surface area contributed by atoms with Crippen molar-refractivity contribution < 1.29 is 9.47 Å². The van der Waals surface area contributed by atoms with Crippen LogP contribution in [-0.2, 0) is 16.1 Å². The first-order chi connectivity index (χ1) is 7.43. The minimum Gasteiger partial charge on any atom is -0.371 e. The van der Waals surface area contributed by atoms with Gasteiger partial charge in [0.2, 0.25) is 0 Å². The van der Waals surface area contributed by atoms with Gasteiger partial charge < -0.3 is 9.47 Å². The number of hydrogen-bond acceptors (Lipinski definition) is 2. The second-order valence-electron chi connectivity index (χ2n) is 4.41. The lowest BCUT2D eigenvalue weighted by molar-refractivity contribution is 0.0135. The van der Waals surface area contributed by atoms with Gasteiger partial charge in [-0.25, -0.2) is 0 Å². The average Bonchev–Trinajstić information content (AvgIpc) is 3.07. The minimum atomic E-state index is 0.337. The Balaban J connectivity index is 1.54. The number of hydrogen-bond donors (Lipinski definition) is 0. The molecule has 0 aromatic heterocycles. The number of ether oxygens (including phenoxy) is 2. The third-order valence-electron chi connectivity index (χ3n) is 3.27. The van der Waals surface area contributed by atoms with E-state index in [9.17, 15) is 0 Å².